The molecule has 5 rings (SSSR count). The van der Waals surface area contributed by atoms with Gasteiger partial charge < -0.3 is 20.7 Å². The number of aromatic nitrogens is 2. The largest absolute Gasteiger partial charge is 0.477 e. The Labute approximate surface area is 193 Å². The summed E-state index contributed by atoms with van der Waals surface area (Å²) < 4.78 is 48.5. The van der Waals surface area contributed by atoms with Crippen molar-refractivity contribution in [2.75, 3.05) is 29.9 Å². The number of benzene rings is 1. The third-order valence-electron chi connectivity index (χ3n) is 6.00. The van der Waals surface area contributed by atoms with Crippen LogP contribution < -0.4 is 20.7 Å². The Hall–Kier alpha value is -3.66. The van der Waals surface area contributed by atoms with Gasteiger partial charge in [0, 0.05) is 31.1 Å². The molecule has 0 spiro atoms. The molecule has 10 heteroatoms. The zero-order chi connectivity index (χ0) is 23.8. The molecule has 0 aliphatic carbocycles. The summed E-state index contributed by atoms with van der Waals surface area (Å²) in [5, 5.41) is 2.78. The van der Waals surface area contributed by atoms with E-state index in [2.05, 4.69) is 20.2 Å². The predicted molar refractivity (Wildman–Crippen MR) is 120 cm³/mol. The molecule has 2 aliphatic rings. The smallest absolute Gasteiger partial charge is 0.274 e. The van der Waals surface area contributed by atoms with Crippen LogP contribution in [0.1, 0.15) is 28.9 Å². The average Bonchev–Trinajstić information content (AvgIpc) is 3.28. The van der Waals surface area contributed by atoms with Gasteiger partial charge >= 0.3 is 0 Å². The highest BCUT2D eigenvalue weighted by Crippen LogP contribution is 2.39. The number of rotatable bonds is 4. The van der Waals surface area contributed by atoms with Crippen molar-refractivity contribution >= 4 is 17.3 Å². The number of piperidine rings is 1. The minimum Gasteiger partial charge on any atom is -0.477 e. The summed E-state index contributed by atoms with van der Waals surface area (Å²) >= 11 is 0. The van der Waals surface area contributed by atoms with Crippen LogP contribution in [0.25, 0.3) is 11.3 Å². The molecule has 176 valence electrons. The second-order valence-corrected chi connectivity index (χ2v) is 8.33. The van der Waals surface area contributed by atoms with E-state index in [1.165, 1.54) is 12.3 Å². The molecule has 4 heterocycles. The van der Waals surface area contributed by atoms with Crippen molar-refractivity contribution in [1.82, 2.24) is 9.97 Å². The molecule has 0 bridgehead atoms. The van der Waals surface area contributed by atoms with E-state index >= 15 is 0 Å². The predicted octanol–water partition coefficient (Wildman–Crippen LogP) is 3.68. The molecule has 7 nitrogen and oxygen atoms in total. The number of carbonyl (C=O) groups excluding carboxylic acids is 1. The molecule has 1 amide bonds. The lowest BCUT2D eigenvalue weighted by atomic mass is 10.0. The summed E-state index contributed by atoms with van der Waals surface area (Å²) in [5.74, 6) is -3.04. The maximum atomic E-state index is 14.4. The summed E-state index contributed by atoms with van der Waals surface area (Å²) in [6, 6.07) is 5.29. The number of ether oxygens (including phenoxy) is 1. The van der Waals surface area contributed by atoms with Crippen LogP contribution in [0.4, 0.5) is 24.5 Å². The Morgan fingerprint density at radius 1 is 1.15 bits per heavy atom. The van der Waals surface area contributed by atoms with Gasteiger partial charge in [-0.05, 0) is 37.1 Å². The highest BCUT2D eigenvalue weighted by Gasteiger charge is 2.28. The number of hydrogen-bond donors (Lipinski definition) is 2. The number of nitrogens with zero attached hydrogens (tertiary/aromatic N) is 3. The monoisotopic (exact) mass is 469 g/mol. The molecular formula is C24H22F3N5O2. The third-order valence-corrected chi connectivity index (χ3v) is 6.00. The number of carbonyl (C=O) groups is 1. The van der Waals surface area contributed by atoms with Crippen molar-refractivity contribution in [2.45, 2.75) is 25.3 Å². The van der Waals surface area contributed by atoms with Crippen molar-refractivity contribution in [3.63, 3.8) is 0 Å². The topological polar surface area (TPSA) is 93.4 Å². The molecule has 2 aromatic heterocycles. The number of pyridine rings is 2. The number of nitrogens with two attached hydrogens (primary N) is 1. The van der Waals surface area contributed by atoms with Gasteiger partial charge in [-0.3, -0.25) is 4.79 Å². The fraction of sp³-hybridized carbons (Fsp3) is 0.292. The first-order valence-corrected chi connectivity index (χ1v) is 11.0. The zero-order valence-electron chi connectivity index (χ0n) is 18.2. The number of nitrogens with one attached hydrogen (secondary N) is 1. The normalized spacial score (nSPS) is 17.3. The van der Waals surface area contributed by atoms with E-state index in [9.17, 15) is 18.0 Å². The first-order chi connectivity index (χ1) is 16.4. The van der Waals surface area contributed by atoms with Gasteiger partial charge in [-0.25, -0.2) is 23.1 Å². The quantitative estimate of drug-likeness (QED) is 0.606. The number of amides is 1. The fourth-order valence-electron chi connectivity index (χ4n) is 4.45. The molecule has 1 unspecified atom stereocenters. The van der Waals surface area contributed by atoms with Crippen LogP contribution in [0.5, 0.6) is 5.88 Å². The summed E-state index contributed by atoms with van der Waals surface area (Å²) in [6.45, 7) is 1.87. The van der Waals surface area contributed by atoms with Gasteiger partial charge in [0.25, 0.3) is 5.91 Å². The van der Waals surface area contributed by atoms with E-state index in [4.69, 9.17) is 10.5 Å². The molecule has 2 aliphatic heterocycles. The van der Waals surface area contributed by atoms with Crippen LogP contribution in [-0.4, -0.2) is 41.6 Å². The van der Waals surface area contributed by atoms with Crippen molar-refractivity contribution in [3.8, 4) is 17.1 Å². The summed E-state index contributed by atoms with van der Waals surface area (Å²) in [7, 11) is 0. The number of fused-ring (bicyclic) bond motifs is 1. The lowest BCUT2D eigenvalue weighted by Gasteiger charge is -2.34. The van der Waals surface area contributed by atoms with Crippen LogP contribution in [0.15, 0.2) is 36.5 Å². The molecule has 34 heavy (non-hydrogen) atoms. The van der Waals surface area contributed by atoms with E-state index in [0.29, 0.717) is 31.1 Å². The van der Waals surface area contributed by atoms with Gasteiger partial charge in [0.1, 0.15) is 28.8 Å². The van der Waals surface area contributed by atoms with Crippen LogP contribution in [-0.2, 0) is 6.42 Å². The van der Waals surface area contributed by atoms with Crippen LogP contribution >= 0.6 is 0 Å². The minimum absolute atomic E-state index is 0.000395. The first kappa shape index (κ1) is 22.1. The zero-order valence-corrected chi connectivity index (χ0v) is 18.2. The Balaban J connectivity index is 1.50. The molecule has 1 fully saturated rings. The highest BCUT2D eigenvalue weighted by atomic mass is 19.1. The lowest BCUT2D eigenvalue weighted by molar-refractivity contribution is 0.102. The minimum atomic E-state index is -0.976. The second kappa shape index (κ2) is 8.94. The maximum absolute atomic E-state index is 14.4. The van der Waals surface area contributed by atoms with Crippen molar-refractivity contribution < 1.29 is 22.7 Å². The highest BCUT2D eigenvalue weighted by molar-refractivity contribution is 6.05. The van der Waals surface area contributed by atoms with Crippen molar-refractivity contribution in [2.24, 2.45) is 5.73 Å². The van der Waals surface area contributed by atoms with Gasteiger partial charge in [0.15, 0.2) is 0 Å². The Kier molecular flexibility index (Phi) is 5.82. The van der Waals surface area contributed by atoms with E-state index in [1.54, 1.807) is 0 Å². The van der Waals surface area contributed by atoms with Crippen LogP contribution in [0, 0.1) is 17.5 Å². The number of anilines is 2. The molecule has 1 aromatic carbocycles. The molecule has 0 radical (unpaired) electrons. The Morgan fingerprint density at radius 2 is 1.94 bits per heavy atom. The average molecular weight is 469 g/mol. The first-order valence-electron chi connectivity index (χ1n) is 11.0. The molecule has 0 saturated carbocycles. The molecule has 3 aromatic rings. The number of halogens is 3. The summed E-state index contributed by atoms with van der Waals surface area (Å²) in [4.78, 5) is 23.5. The van der Waals surface area contributed by atoms with Crippen LogP contribution in [0.2, 0.25) is 0 Å². The summed E-state index contributed by atoms with van der Waals surface area (Å²) in [6.07, 6.45) is 3.96. The molecule has 1 saturated heterocycles. The SMILES string of the molecule is NC1CCCN(c2c(NC(=O)c3ccc(F)c(-c4c(F)cccc4F)n3)cnc3c2CCO3)C1. The maximum Gasteiger partial charge on any atom is 0.274 e. The summed E-state index contributed by atoms with van der Waals surface area (Å²) in [5.41, 5.74) is 6.88. The second-order valence-electron chi connectivity index (χ2n) is 8.33. The van der Waals surface area contributed by atoms with Gasteiger partial charge in [0.2, 0.25) is 5.88 Å². The molecule has 3 N–H and O–H groups in total. The Morgan fingerprint density at radius 3 is 2.71 bits per heavy atom. The van der Waals surface area contributed by atoms with Gasteiger partial charge in [0.05, 0.1) is 29.7 Å². The number of hydrogen-bond acceptors (Lipinski definition) is 6. The van der Waals surface area contributed by atoms with Crippen molar-refractivity contribution in [1.29, 1.82) is 0 Å². The fourth-order valence-corrected chi connectivity index (χ4v) is 4.45. The van der Waals surface area contributed by atoms with E-state index in [-0.39, 0.29) is 11.7 Å². The van der Waals surface area contributed by atoms with Gasteiger partial charge in [-0.2, -0.15) is 0 Å². The van der Waals surface area contributed by atoms with Gasteiger partial charge in [-0.1, -0.05) is 6.07 Å². The standard InChI is InChI=1S/C24H22F3N5O2/c25-15-4-1-5-16(26)20(15)21-17(27)6-7-18(30-21)23(33)31-19-11-29-24-14(8-10-34-24)22(19)32-9-2-3-13(28)12-32/h1,4-7,11,13H,2-3,8-10,12,28H2,(H,31,33). The van der Waals surface area contributed by atoms with Crippen LogP contribution in [0.3, 0.4) is 0 Å². The van der Waals surface area contributed by atoms with Gasteiger partial charge in [-0.15, -0.1) is 0 Å². The van der Waals surface area contributed by atoms with E-state index in [1.807, 2.05) is 0 Å². The Bertz CT molecular complexity index is 1250. The molecule has 1 atom stereocenters. The van der Waals surface area contributed by atoms with E-state index in [0.717, 1.165) is 54.9 Å². The van der Waals surface area contributed by atoms with Crippen molar-refractivity contribution in [3.05, 3.63) is 65.2 Å². The third kappa shape index (κ3) is 4.05. The lowest BCUT2D eigenvalue weighted by Crippen LogP contribution is -2.43. The van der Waals surface area contributed by atoms with E-state index < -0.39 is 34.6 Å². The molecular weight excluding hydrogens is 447 g/mol.